The van der Waals surface area contributed by atoms with E-state index in [2.05, 4.69) is 39.8 Å². The molecule has 180 valence electrons. The Morgan fingerprint density at radius 2 is 1.60 bits per heavy atom. The van der Waals surface area contributed by atoms with Gasteiger partial charge in [-0.05, 0) is 74.4 Å². The maximum Gasteiger partial charge on any atom is 0.253 e. The van der Waals surface area contributed by atoms with E-state index in [1.54, 1.807) is 0 Å². The van der Waals surface area contributed by atoms with Crippen LogP contribution in [0, 0.1) is 6.92 Å². The van der Waals surface area contributed by atoms with E-state index in [-0.39, 0.29) is 23.9 Å². The summed E-state index contributed by atoms with van der Waals surface area (Å²) >= 11 is 0. The fourth-order valence-electron chi connectivity index (χ4n) is 5.40. The molecule has 0 saturated carbocycles. The van der Waals surface area contributed by atoms with Crippen LogP contribution in [0.5, 0.6) is 0 Å². The van der Waals surface area contributed by atoms with Crippen molar-refractivity contribution in [2.24, 2.45) is 0 Å². The van der Waals surface area contributed by atoms with Crippen LogP contribution >= 0.6 is 0 Å². The predicted molar refractivity (Wildman–Crippen MR) is 140 cm³/mol. The summed E-state index contributed by atoms with van der Waals surface area (Å²) in [5.41, 5.74) is 6.06. The van der Waals surface area contributed by atoms with E-state index in [1.165, 1.54) is 11.1 Å². The third-order valence-electron chi connectivity index (χ3n) is 7.27. The van der Waals surface area contributed by atoms with Crippen molar-refractivity contribution in [3.8, 4) is 0 Å². The van der Waals surface area contributed by atoms with Crippen LogP contribution in [0.1, 0.15) is 69.1 Å². The van der Waals surface area contributed by atoms with Gasteiger partial charge in [-0.15, -0.1) is 0 Å². The molecule has 0 bridgehead atoms. The summed E-state index contributed by atoms with van der Waals surface area (Å²) in [5.74, 6) is -0.0307. The molecule has 35 heavy (non-hydrogen) atoms. The molecule has 2 aliphatic rings. The lowest BCUT2D eigenvalue weighted by atomic mass is 9.87. The van der Waals surface area contributed by atoms with Crippen molar-refractivity contribution in [3.63, 3.8) is 0 Å². The molecule has 2 amide bonds. The van der Waals surface area contributed by atoms with Crippen molar-refractivity contribution in [1.29, 1.82) is 0 Å². The number of carbonyl (C=O) groups excluding carboxylic acids is 2. The van der Waals surface area contributed by atoms with Gasteiger partial charge in [-0.2, -0.15) is 0 Å². The zero-order valence-electron chi connectivity index (χ0n) is 20.3. The highest BCUT2D eigenvalue weighted by Gasteiger charge is 2.26. The van der Waals surface area contributed by atoms with Gasteiger partial charge in [0.15, 0.2) is 0 Å². The first-order chi connectivity index (χ1) is 17.1. The molecule has 0 aromatic heterocycles. The van der Waals surface area contributed by atoms with Crippen molar-refractivity contribution in [2.45, 2.75) is 51.1 Å². The lowest BCUT2D eigenvalue weighted by Gasteiger charge is -2.35. The lowest BCUT2D eigenvalue weighted by Crippen LogP contribution is -2.45. The third-order valence-corrected chi connectivity index (χ3v) is 7.27. The van der Waals surface area contributed by atoms with Crippen LogP contribution in [0.25, 0.3) is 0 Å². The van der Waals surface area contributed by atoms with Crippen LogP contribution in [-0.2, 0) is 6.42 Å². The summed E-state index contributed by atoms with van der Waals surface area (Å²) in [7, 11) is 0. The van der Waals surface area contributed by atoms with Gasteiger partial charge in [0.1, 0.15) is 0 Å². The Hall–Kier alpha value is -3.60. The molecular weight excluding hydrogens is 434 g/mol. The molecule has 5 heteroatoms. The first kappa shape index (κ1) is 23.2. The Bertz CT molecular complexity index is 1210. The SMILES string of the molecule is Cc1cccc(C(=O)NC2CCN(c3ccccc3C(=O)N[C@H]3CCCc4ccccc43)CC2)c1. The molecule has 5 rings (SSSR count). The fraction of sp³-hybridized carbons (Fsp3) is 0.333. The molecule has 3 aromatic rings. The molecule has 1 saturated heterocycles. The number of rotatable bonds is 5. The molecule has 1 fully saturated rings. The van der Waals surface area contributed by atoms with Crippen LogP contribution < -0.4 is 15.5 Å². The number of para-hydroxylation sites is 1. The maximum atomic E-state index is 13.4. The summed E-state index contributed by atoms with van der Waals surface area (Å²) in [6.07, 6.45) is 4.84. The first-order valence-electron chi connectivity index (χ1n) is 12.7. The highest BCUT2D eigenvalue weighted by atomic mass is 16.2. The summed E-state index contributed by atoms with van der Waals surface area (Å²) in [6, 6.07) is 24.2. The van der Waals surface area contributed by atoms with Gasteiger partial charge < -0.3 is 15.5 Å². The quantitative estimate of drug-likeness (QED) is 0.542. The Morgan fingerprint density at radius 1 is 0.829 bits per heavy atom. The number of amides is 2. The molecule has 3 aromatic carbocycles. The Labute approximate surface area is 207 Å². The van der Waals surface area contributed by atoms with Crippen LogP contribution in [-0.4, -0.2) is 30.9 Å². The number of piperidine rings is 1. The number of hydrogen-bond donors (Lipinski definition) is 2. The minimum Gasteiger partial charge on any atom is -0.371 e. The van der Waals surface area contributed by atoms with Gasteiger partial charge in [0.25, 0.3) is 11.8 Å². The largest absolute Gasteiger partial charge is 0.371 e. The van der Waals surface area contributed by atoms with Gasteiger partial charge in [0.05, 0.1) is 11.6 Å². The molecule has 1 heterocycles. The van der Waals surface area contributed by atoms with E-state index in [0.717, 1.165) is 62.0 Å². The monoisotopic (exact) mass is 467 g/mol. The average molecular weight is 468 g/mol. The van der Waals surface area contributed by atoms with Gasteiger partial charge in [-0.1, -0.05) is 54.1 Å². The van der Waals surface area contributed by atoms with E-state index in [0.29, 0.717) is 5.56 Å². The standard InChI is InChI=1S/C30H33N3O2/c1-21-8-6-11-23(20-21)29(34)31-24-16-18-33(19-17-24)28-15-5-4-13-26(28)30(35)32-27-14-7-10-22-9-2-3-12-25(22)27/h2-6,8-9,11-13,15,20,24,27H,7,10,14,16-19H2,1H3,(H,31,34)(H,32,35)/t27-/m0/s1. The number of anilines is 1. The minimum absolute atomic E-state index is 0.0142. The fourth-order valence-corrected chi connectivity index (χ4v) is 5.40. The predicted octanol–water partition coefficient (Wildman–Crippen LogP) is 5.20. The normalized spacial score (nSPS) is 18.0. The van der Waals surface area contributed by atoms with E-state index in [9.17, 15) is 9.59 Å². The smallest absolute Gasteiger partial charge is 0.253 e. The van der Waals surface area contributed by atoms with Gasteiger partial charge in [-0.3, -0.25) is 9.59 Å². The van der Waals surface area contributed by atoms with Crippen molar-refractivity contribution in [3.05, 3.63) is 101 Å². The molecule has 5 nitrogen and oxygen atoms in total. The van der Waals surface area contributed by atoms with E-state index in [4.69, 9.17) is 0 Å². The van der Waals surface area contributed by atoms with Crippen molar-refractivity contribution >= 4 is 17.5 Å². The molecule has 2 N–H and O–H groups in total. The van der Waals surface area contributed by atoms with Gasteiger partial charge in [0.2, 0.25) is 0 Å². The number of benzene rings is 3. The highest BCUT2D eigenvalue weighted by molar-refractivity contribution is 6.00. The molecule has 1 aliphatic heterocycles. The first-order valence-corrected chi connectivity index (χ1v) is 12.7. The van der Waals surface area contributed by atoms with Gasteiger partial charge in [-0.25, -0.2) is 0 Å². The molecule has 0 unspecified atom stereocenters. The molecule has 1 atom stereocenters. The summed E-state index contributed by atoms with van der Waals surface area (Å²) in [4.78, 5) is 28.3. The Kier molecular flexibility index (Phi) is 6.84. The number of nitrogens with zero attached hydrogens (tertiary/aromatic N) is 1. The number of aryl methyl sites for hydroxylation is 2. The summed E-state index contributed by atoms with van der Waals surface area (Å²) < 4.78 is 0. The molecule has 1 aliphatic carbocycles. The average Bonchev–Trinajstić information content (AvgIpc) is 2.89. The van der Waals surface area contributed by atoms with Crippen molar-refractivity contribution in [2.75, 3.05) is 18.0 Å². The van der Waals surface area contributed by atoms with E-state index >= 15 is 0 Å². The van der Waals surface area contributed by atoms with Crippen LogP contribution in [0.3, 0.4) is 0 Å². The summed E-state index contributed by atoms with van der Waals surface area (Å²) in [5, 5.41) is 6.50. The number of nitrogens with one attached hydrogen (secondary N) is 2. The number of hydrogen-bond acceptors (Lipinski definition) is 3. The van der Waals surface area contributed by atoms with Crippen molar-refractivity contribution < 1.29 is 9.59 Å². The van der Waals surface area contributed by atoms with E-state index in [1.807, 2.05) is 55.5 Å². The van der Waals surface area contributed by atoms with Crippen LogP contribution in [0.2, 0.25) is 0 Å². The van der Waals surface area contributed by atoms with Gasteiger partial charge in [0, 0.05) is 30.4 Å². The number of carbonyl (C=O) groups is 2. The molecule has 0 spiro atoms. The number of fused-ring (bicyclic) bond motifs is 1. The highest BCUT2D eigenvalue weighted by Crippen LogP contribution is 2.31. The third kappa shape index (κ3) is 5.24. The molecule has 0 radical (unpaired) electrons. The Morgan fingerprint density at radius 3 is 2.43 bits per heavy atom. The summed E-state index contributed by atoms with van der Waals surface area (Å²) in [6.45, 7) is 3.60. The lowest BCUT2D eigenvalue weighted by molar-refractivity contribution is 0.0926. The van der Waals surface area contributed by atoms with Crippen molar-refractivity contribution in [1.82, 2.24) is 10.6 Å². The topological polar surface area (TPSA) is 61.4 Å². The second-order valence-corrected chi connectivity index (χ2v) is 9.74. The Balaban J connectivity index is 1.23. The van der Waals surface area contributed by atoms with E-state index < -0.39 is 0 Å². The molecular formula is C30H33N3O2. The van der Waals surface area contributed by atoms with Crippen LogP contribution in [0.4, 0.5) is 5.69 Å². The zero-order chi connectivity index (χ0) is 24.2. The maximum absolute atomic E-state index is 13.4. The van der Waals surface area contributed by atoms with Gasteiger partial charge >= 0.3 is 0 Å². The minimum atomic E-state index is -0.0165. The zero-order valence-corrected chi connectivity index (χ0v) is 20.3. The second kappa shape index (κ2) is 10.3. The van der Waals surface area contributed by atoms with Crippen LogP contribution in [0.15, 0.2) is 72.8 Å². The second-order valence-electron chi connectivity index (χ2n) is 9.74.